The average molecular weight is 260 g/mol. The standard InChI is InChI=1S/C9H10BrNO3/c1-4-5(2)9(12)8(11(13)14)6(3)7(4)10/h12H,1-3H3. The van der Waals surface area contributed by atoms with Crippen molar-refractivity contribution >= 4 is 21.6 Å². The second kappa shape index (κ2) is 3.57. The summed E-state index contributed by atoms with van der Waals surface area (Å²) in [6.07, 6.45) is 0. The molecule has 76 valence electrons. The van der Waals surface area contributed by atoms with Gasteiger partial charge in [0.15, 0.2) is 5.75 Å². The molecule has 0 spiro atoms. The van der Waals surface area contributed by atoms with Gasteiger partial charge in [-0.1, -0.05) is 0 Å². The van der Waals surface area contributed by atoms with E-state index in [1.807, 2.05) is 0 Å². The van der Waals surface area contributed by atoms with Gasteiger partial charge in [-0.2, -0.15) is 0 Å². The molecule has 14 heavy (non-hydrogen) atoms. The fourth-order valence-electron chi connectivity index (χ4n) is 1.31. The van der Waals surface area contributed by atoms with E-state index in [9.17, 15) is 15.2 Å². The summed E-state index contributed by atoms with van der Waals surface area (Å²) in [5.41, 5.74) is 1.59. The van der Waals surface area contributed by atoms with E-state index in [1.165, 1.54) is 0 Å². The topological polar surface area (TPSA) is 63.4 Å². The summed E-state index contributed by atoms with van der Waals surface area (Å²) in [4.78, 5) is 10.1. The smallest absolute Gasteiger partial charge is 0.314 e. The van der Waals surface area contributed by atoms with Crippen LogP contribution in [0, 0.1) is 30.9 Å². The number of hydrogen-bond donors (Lipinski definition) is 1. The van der Waals surface area contributed by atoms with E-state index in [2.05, 4.69) is 15.9 Å². The molecule has 0 saturated carbocycles. The highest BCUT2D eigenvalue weighted by atomic mass is 79.9. The average Bonchev–Trinajstić information content (AvgIpc) is 2.11. The first kappa shape index (κ1) is 11.0. The Morgan fingerprint density at radius 3 is 2.14 bits per heavy atom. The number of nitro groups is 1. The van der Waals surface area contributed by atoms with Crippen LogP contribution in [0.3, 0.4) is 0 Å². The molecular weight excluding hydrogens is 250 g/mol. The fourth-order valence-corrected chi connectivity index (χ4v) is 1.79. The van der Waals surface area contributed by atoms with E-state index in [4.69, 9.17) is 0 Å². The maximum Gasteiger partial charge on any atom is 0.314 e. The lowest BCUT2D eigenvalue weighted by Gasteiger charge is -2.09. The number of aromatic hydroxyl groups is 1. The predicted octanol–water partition coefficient (Wildman–Crippen LogP) is 2.99. The van der Waals surface area contributed by atoms with Crippen LogP contribution >= 0.6 is 15.9 Å². The Labute approximate surface area is 89.8 Å². The number of hydrogen-bond acceptors (Lipinski definition) is 3. The van der Waals surface area contributed by atoms with Crippen molar-refractivity contribution < 1.29 is 10.0 Å². The monoisotopic (exact) mass is 259 g/mol. The Kier molecular flexibility index (Phi) is 2.80. The van der Waals surface area contributed by atoms with Crippen molar-refractivity contribution in [2.24, 2.45) is 0 Å². The number of benzene rings is 1. The molecule has 1 rings (SSSR count). The van der Waals surface area contributed by atoms with E-state index in [-0.39, 0.29) is 11.4 Å². The lowest BCUT2D eigenvalue weighted by molar-refractivity contribution is -0.386. The normalized spacial score (nSPS) is 10.3. The van der Waals surface area contributed by atoms with Crippen LogP contribution in [0.2, 0.25) is 0 Å². The zero-order chi connectivity index (χ0) is 11.0. The summed E-state index contributed by atoms with van der Waals surface area (Å²) >= 11 is 3.27. The third kappa shape index (κ3) is 1.48. The van der Waals surface area contributed by atoms with Gasteiger partial charge in [0.05, 0.1) is 4.92 Å². The summed E-state index contributed by atoms with van der Waals surface area (Å²) in [6.45, 7) is 5.06. The van der Waals surface area contributed by atoms with Crippen molar-refractivity contribution in [1.82, 2.24) is 0 Å². The number of rotatable bonds is 1. The van der Waals surface area contributed by atoms with Gasteiger partial charge in [-0.05, 0) is 42.3 Å². The molecule has 0 radical (unpaired) electrons. The van der Waals surface area contributed by atoms with Gasteiger partial charge in [0.2, 0.25) is 0 Å². The van der Waals surface area contributed by atoms with Crippen molar-refractivity contribution in [3.8, 4) is 5.75 Å². The van der Waals surface area contributed by atoms with Crippen LogP contribution in [0.4, 0.5) is 5.69 Å². The molecule has 1 N–H and O–H groups in total. The minimum atomic E-state index is -0.568. The molecule has 0 bridgehead atoms. The van der Waals surface area contributed by atoms with Gasteiger partial charge in [-0.15, -0.1) is 0 Å². The first-order valence-corrected chi connectivity index (χ1v) is 4.79. The van der Waals surface area contributed by atoms with Crippen LogP contribution < -0.4 is 0 Å². The van der Waals surface area contributed by atoms with E-state index < -0.39 is 4.92 Å². The van der Waals surface area contributed by atoms with E-state index >= 15 is 0 Å². The molecule has 0 saturated heterocycles. The predicted molar refractivity (Wildman–Crippen MR) is 56.7 cm³/mol. The molecule has 0 atom stereocenters. The lowest BCUT2D eigenvalue weighted by Crippen LogP contribution is -1.97. The Morgan fingerprint density at radius 1 is 1.21 bits per heavy atom. The zero-order valence-corrected chi connectivity index (χ0v) is 9.67. The van der Waals surface area contributed by atoms with Gasteiger partial charge >= 0.3 is 5.69 Å². The number of halogens is 1. The van der Waals surface area contributed by atoms with Crippen LogP contribution in [-0.4, -0.2) is 10.0 Å². The summed E-state index contributed by atoms with van der Waals surface area (Å²) in [5.74, 6) is -0.242. The van der Waals surface area contributed by atoms with Crippen LogP contribution in [0.1, 0.15) is 16.7 Å². The highest BCUT2D eigenvalue weighted by molar-refractivity contribution is 9.10. The molecule has 0 aromatic heterocycles. The second-order valence-electron chi connectivity index (χ2n) is 3.14. The maximum atomic E-state index is 10.7. The van der Waals surface area contributed by atoms with E-state index in [0.29, 0.717) is 15.6 Å². The molecule has 0 aliphatic carbocycles. The van der Waals surface area contributed by atoms with Gasteiger partial charge < -0.3 is 5.11 Å². The van der Waals surface area contributed by atoms with Gasteiger partial charge in [-0.25, -0.2) is 0 Å². The Morgan fingerprint density at radius 2 is 1.71 bits per heavy atom. The fraction of sp³-hybridized carbons (Fsp3) is 0.333. The van der Waals surface area contributed by atoms with Crippen LogP contribution in [-0.2, 0) is 0 Å². The Hall–Kier alpha value is -1.10. The quantitative estimate of drug-likeness (QED) is 0.623. The van der Waals surface area contributed by atoms with Gasteiger partial charge in [0.25, 0.3) is 0 Å². The third-order valence-electron chi connectivity index (χ3n) is 2.34. The molecule has 0 fully saturated rings. The molecule has 1 aromatic carbocycles. The molecule has 4 nitrogen and oxygen atoms in total. The first-order valence-electron chi connectivity index (χ1n) is 4.00. The van der Waals surface area contributed by atoms with Crippen molar-refractivity contribution in [2.45, 2.75) is 20.8 Å². The van der Waals surface area contributed by atoms with E-state index in [0.717, 1.165) is 5.56 Å². The Bertz CT molecular complexity index is 386. The lowest BCUT2D eigenvalue weighted by atomic mass is 10.0. The highest BCUT2D eigenvalue weighted by Crippen LogP contribution is 2.40. The SMILES string of the molecule is Cc1c(C)c(Br)c(C)c([N+](=O)[O-])c1O. The van der Waals surface area contributed by atoms with Crippen LogP contribution in [0.25, 0.3) is 0 Å². The zero-order valence-electron chi connectivity index (χ0n) is 8.09. The molecule has 0 aliphatic heterocycles. The van der Waals surface area contributed by atoms with Gasteiger partial charge in [0.1, 0.15) is 0 Å². The van der Waals surface area contributed by atoms with Gasteiger partial charge in [-0.3, -0.25) is 10.1 Å². The molecule has 1 aromatic rings. The molecule has 0 aliphatic rings. The number of nitrogens with zero attached hydrogens (tertiary/aromatic N) is 1. The molecule has 0 heterocycles. The number of nitro benzene ring substituents is 1. The van der Waals surface area contributed by atoms with Crippen molar-refractivity contribution in [1.29, 1.82) is 0 Å². The molecule has 5 heteroatoms. The Balaban J connectivity index is 3.68. The third-order valence-corrected chi connectivity index (χ3v) is 3.53. The van der Waals surface area contributed by atoms with Crippen LogP contribution in [0.5, 0.6) is 5.75 Å². The largest absolute Gasteiger partial charge is 0.502 e. The minimum Gasteiger partial charge on any atom is -0.502 e. The summed E-state index contributed by atoms with van der Waals surface area (Å²) in [5, 5.41) is 20.3. The molecular formula is C9H10BrNO3. The number of phenolic OH excluding ortho intramolecular Hbond substituents is 1. The van der Waals surface area contributed by atoms with Crippen LogP contribution in [0.15, 0.2) is 4.47 Å². The molecule has 0 unspecified atom stereocenters. The van der Waals surface area contributed by atoms with E-state index in [1.54, 1.807) is 20.8 Å². The summed E-state index contributed by atoms with van der Waals surface area (Å²) in [7, 11) is 0. The maximum absolute atomic E-state index is 10.7. The highest BCUT2D eigenvalue weighted by Gasteiger charge is 2.23. The van der Waals surface area contributed by atoms with Gasteiger partial charge in [0, 0.05) is 15.6 Å². The van der Waals surface area contributed by atoms with Crippen molar-refractivity contribution in [3.63, 3.8) is 0 Å². The summed E-state index contributed by atoms with van der Waals surface area (Å²) in [6, 6.07) is 0. The number of phenols is 1. The van der Waals surface area contributed by atoms with Crippen molar-refractivity contribution in [2.75, 3.05) is 0 Å². The molecule has 0 amide bonds. The minimum absolute atomic E-state index is 0.222. The summed E-state index contributed by atoms with van der Waals surface area (Å²) < 4.78 is 0.680. The first-order chi connectivity index (χ1) is 6.37. The second-order valence-corrected chi connectivity index (χ2v) is 3.94. The van der Waals surface area contributed by atoms with Crippen molar-refractivity contribution in [3.05, 3.63) is 31.3 Å².